The van der Waals surface area contributed by atoms with Gasteiger partial charge in [-0.25, -0.2) is 0 Å². The quantitative estimate of drug-likeness (QED) is 0.689. The van der Waals surface area contributed by atoms with E-state index in [-0.39, 0.29) is 11.0 Å². The third kappa shape index (κ3) is 1.13. The molecule has 1 aliphatic rings. The molecule has 1 unspecified atom stereocenters. The number of benzene rings is 1. The highest BCUT2D eigenvalue weighted by Gasteiger charge is 2.59. The number of rotatable bonds is 1. The monoisotopic (exact) mass is 177 g/mol. The maximum atomic E-state index is 9.32. The lowest BCUT2D eigenvalue weighted by atomic mass is 9.97. The molecular weight excluding hydrogens is 162 g/mol. The van der Waals surface area contributed by atoms with E-state index >= 15 is 0 Å². The fraction of sp³-hybridized carbons (Fsp3) is 0.455. The Bertz CT molecular complexity index is 346. The van der Waals surface area contributed by atoms with Crippen molar-refractivity contribution >= 4 is 0 Å². The van der Waals surface area contributed by atoms with Crippen LogP contribution >= 0.6 is 0 Å². The number of hydrogen-bond acceptors (Lipinski definition) is 2. The summed E-state index contributed by atoms with van der Waals surface area (Å²) >= 11 is 0. The molecule has 0 aromatic heterocycles. The first-order valence-electron chi connectivity index (χ1n) is 4.54. The third-order valence-corrected chi connectivity index (χ3v) is 3.16. The highest BCUT2D eigenvalue weighted by molar-refractivity contribution is 5.39. The SMILES string of the molecule is CC1(C)CC1(N)c1cccc(O)c1. The van der Waals surface area contributed by atoms with Crippen LogP contribution < -0.4 is 5.73 Å². The van der Waals surface area contributed by atoms with Crippen LogP contribution in [0.1, 0.15) is 25.8 Å². The average Bonchev–Trinajstić information content (AvgIpc) is 2.53. The third-order valence-electron chi connectivity index (χ3n) is 3.16. The molecule has 1 saturated carbocycles. The number of nitrogens with two attached hydrogens (primary N) is 1. The van der Waals surface area contributed by atoms with E-state index in [0.717, 1.165) is 12.0 Å². The van der Waals surface area contributed by atoms with E-state index in [0.29, 0.717) is 5.75 Å². The lowest BCUT2D eigenvalue weighted by Gasteiger charge is -2.15. The normalized spacial score (nSPS) is 30.1. The Kier molecular flexibility index (Phi) is 1.49. The van der Waals surface area contributed by atoms with Gasteiger partial charge in [0.25, 0.3) is 0 Å². The van der Waals surface area contributed by atoms with Crippen LogP contribution in [0.4, 0.5) is 0 Å². The van der Waals surface area contributed by atoms with Crippen molar-refractivity contribution in [3.05, 3.63) is 29.8 Å². The Hall–Kier alpha value is -1.02. The van der Waals surface area contributed by atoms with E-state index in [9.17, 15) is 5.11 Å². The van der Waals surface area contributed by atoms with Gasteiger partial charge in [-0.05, 0) is 29.5 Å². The van der Waals surface area contributed by atoms with Crippen molar-refractivity contribution in [2.24, 2.45) is 11.1 Å². The summed E-state index contributed by atoms with van der Waals surface area (Å²) < 4.78 is 0. The average molecular weight is 177 g/mol. The van der Waals surface area contributed by atoms with Crippen LogP contribution in [0, 0.1) is 5.41 Å². The second-order valence-electron chi connectivity index (χ2n) is 4.58. The zero-order valence-electron chi connectivity index (χ0n) is 8.04. The van der Waals surface area contributed by atoms with E-state index in [1.54, 1.807) is 12.1 Å². The predicted octanol–water partition coefficient (Wildman–Crippen LogP) is 1.98. The van der Waals surface area contributed by atoms with Gasteiger partial charge in [0.2, 0.25) is 0 Å². The van der Waals surface area contributed by atoms with Gasteiger partial charge in [-0.2, -0.15) is 0 Å². The Morgan fingerprint density at radius 3 is 2.46 bits per heavy atom. The van der Waals surface area contributed by atoms with Crippen LogP contribution in [0.15, 0.2) is 24.3 Å². The molecule has 0 bridgehead atoms. The molecule has 0 heterocycles. The first kappa shape index (κ1) is 8.57. The Morgan fingerprint density at radius 2 is 2.00 bits per heavy atom. The summed E-state index contributed by atoms with van der Waals surface area (Å²) in [6.45, 7) is 4.30. The van der Waals surface area contributed by atoms with Gasteiger partial charge in [-0.1, -0.05) is 26.0 Å². The van der Waals surface area contributed by atoms with Crippen molar-refractivity contribution in [2.75, 3.05) is 0 Å². The summed E-state index contributed by atoms with van der Waals surface area (Å²) in [5.41, 5.74) is 7.18. The number of phenolic OH excluding ortho intramolecular Hbond substituents is 1. The molecule has 0 spiro atoms. The van der Waals surface area contributed by atoms with Crippen LogP contribution in [0.25, 0.3) is 0 Å². The van der Waals surface area contributed by atoms with Crippen LogP contribution in [0.5, 0.6) is 5.75 Å². The molecule has 1 fully saturated rings. The molecule has 3 N–H and O–H groups in total. The van der Waals surface area contributed by atoms with Gasteiger partial charge in [-0.3, -0.25) is 0 Å². The number of phenols is 1. The predicted molar refractivity (Wildman–Crippen MR) is 52.4 cm³/mol. The standard InChI is InChI=1S/C11H15NO/c1-10(2)7-11(10,12)8-4-3-5-9(13)6-8/h3-6,13H,7,12H2,1-2H3. The minimum absolute atomic E-state index is 0.167. The minimum atomic E-state index is -0.230. The summed E-state index contributed by atoms with van der Waals surface area (Å²) in [6, 6.07) is 7.25. The van der Waals surface area contributed by atoms with E-state index in [2.05, 4.69) is 13.8 Å². The number of hydrogen-bond donors (Lipinski definition) is 2. The molecule has 1 aromatic rings. The maximum absolute atomic E-state index is 9.32. The van der Waals surface area contributed by atoms with Crippen molar-refractivity contribution in [3.63, 3.8) is 0 Å². The van der Waals surface area contributed by atoms with E-state index in [4.69, 9.17) is 5.73 Å². The molecule has 2 heteroatoms. The van der Waals surface area contributed by atoms with Crippen molar-refractivity contribution < 1.29 is 5.11 Å². The first-order chi connectivity index (χ1) is 5.96. The zero-order valence-corrected chi connectivity index (χ0v) is 8.04. The Labute approximate surface area is 78.4 Å². The van der Waals surface area contributed by atoms with Crippen LogP contribution in [0.3, 0.4) is 0 Å². The van der Waals surface area contributed by atoms with Gasteiger partial charge in [0, 0.05) is 5.54 Å². The van der Waals surface area contributed by atoms with E-state index in [1.807, 2.05) is 12.1 Å². The molecule has 70 valence electrons. The van der Waals surface area contributed by atoms with Gasteiger partial charge in [0.1, 0.15) is 5.75 Å². The van der Waals surface area contributed by atoms with Gasteiger partial charge < -0.3 is 10.8 Å². The fourth-order valence-electron chi connectivity index (χ4n) is 1.93. The van der Waals surface area contributed by atoms with Crippen molar-refractivity contribution in [2.45, 2.75) is 25.8 Å². The Balaban J connectivity index is 2.38. The molecule has 0 saturated heterocycles. The molecule has 1 atom stereocenters. The molecule has 2 rings (SSSR count). The largest absolute Gasteiger partial charge is 0.508 e. The van der Waals surface area contributed by atoms with Crippen LogP contribution in [-0.2, 0) is 5.54 Å². The maximum Gasteiger partial charge on any atom is 0.115 e. The minimum Gasteiger partial charge on any atom is -0.508 e. The van der Waals surface area contributed by atoms with Gasteiger partial charge in [0.15, 0.2) is 0 Å². The highest BCUT2D eigenvalue weighted by Crippen LogP contribution is 2.60. The van der Waals surface area contributed by atoms with Crippen LogP contribution in [0.2, 0.25) is 0 Å². The molecule has 0 radical (unpaired) electrons. The molecule has 1 aromatic carbocycles. The molecule has 2 nitrogen and oxygen atoms in total. The molecule has 1 aliphatic carbocycles. The van der Waals surface area contributed by atoms with Gasteiger partial charge in [-0.15, -0.1) is 0 Å². The molecular formula is C11H15NO. The van der Waals surface area contributed by atoms with Crippen molar-refractivity contribution in [3.8, 4) is 5.75 Å². The lowest BCUT2D eigenvalue weighted by molar-refractivity contribution is 0.468. The first-order valence-corrected chi connectivity index (χ1v) is 4.54. The summed E-state index contributed by atoms with van der Waals surface area (Å²) in [5.74, 6) is 0.296. The van der Waals surface area contributed by atoms with E-state index in [1.165, 1.54) is 0 Å². The lowest BCUT2D eigenvalue weighted by Crippen LogP contribution is -2.25. The van der Waals surface area contributed by atoms with Crippen LogP contribution in [-0.4, -0.2) is 5.11 Å². The smallest absolute Gasteiger partial charge is 0.115 e. The van der Waals surface area contributed by atoms with Crippen molar-refractivity contribution in [1.82, 2.24) is 0 Å². The van der Waals surface area contributed by atoms with E-state index < -0.39 is 0 Å². The van der Waals surface area contributed by atoms with Crippen molar-refractivity contribution in [1.29, 1.82) is 0 Å². The zero-order chi connectivity index (χ0) is 9.69. The molecule has 0 aliphatic heterocycles. The fourth-order valence-corrected chi connectivity index (χ4v) is 1.93. The van der Waals surface area contributed by atoms with Gasteiger partial charge in [0.05, 0.1) is 0 Å². The topological polar surface area (TPSA) is 46.2 Å². The summed E-state index contributed by atoms with van der Waals surface area (Å²) in [4.78, 5) is 0. The number of aromatic hydroxyl groups is 1. The second kappa shape index (κ2) is 2.26. The summed E-state index contributed by atoms with van der Waals surface area (Å²) in [5, 5.41) is 9.32. The Morgan fingerprint density at radius 1 is 1.38 bits per heavy atom. The van der Waals surface area contributed by atoms with Gasteiger partial charge >= 0.3 is 0 Å². The summed E-state index contributed by atoms with van der Waals surface area (Å²) in [7, 11) is 0. The highest BCUT2D eigenvalue weighted by atomic mass is 16.3. The molecule has 13 heavy (non-hydrogen) atoms. The summed E-state index contributed by atoms with van der Waals surface area (Å²) in [6.07, 6.45) is 0.990. The second-order valence-corrected chi connectivity index (χ2v) is 4.58. The molecule has 0 amide bonds.